The lowest BCUT2D eigenvalue weighted by atomic mass is 9.89. The average molecular weight is 423 g/mol. The molecule has 2 fully saturated rings. The summed E-state index contributed by atoms with van der Waals surface area (Å²) in [4.78, 5) is 21.4. The van der Waals surface area contributed by atoms with Gasteiger partial charge in [-0.15, -0.1) is 6.42 Å². The molecule has 1 amide bonds. The number of aromatic nitrogens is 3. The zero-order chi connectivity index (χ0) is 21.8. The number of carbonyl (C=O) groups is 1. The van der Waals surface area contributed by atoms with Crippen molar-refractivity contribution < 1.29 is 9.90 Å². The van der Waals surface area contributed by atoms with Crippen LogP contribution in [0, 0.1) is 12.3 Å². The van der Waals surface area contributed by atoms with Gasteiger partial charge in [-0.1, -0.05) is 5.92 Å². The summed E-state index contributed by atoms with van der Waals surface area (Å²) in [5.41, 5.74) is 0.600. The minimum absolute atomic E-state index is 0.141. The molecular formula is C23H30N6O2. The predicted octanol–water partition coefficient (Wildman–Crippen LogP) is 1.17. The Balaban J connectivity index is 1.31. The fourth-order valence-electron chi connectivity index (χ4n) is 4.48. The number of terminal acetylenes is 1. The van der Waals surface area contributed by atoms with E-state index in [2.05, 4.69) is 32.4 Å². The molecule has 0 aromatic carbocycles. The van der Waals surface area contributed by atoms with Crippen molar-refractivity contribution in [2.24, 2.45) is 0 Å². The monoisotopic (exact) mass is 422 g/mol. The van der Waals surface area contributed by atoms with Gasteiger partial charge in [0.15, 0.2) is 0 Å². The zero-order valence-corrected chi connectivity index (χ0v) is 18.0. The lowest BCUT2D eigenvalue weighted by Gasteiger charge is -2.42. The largest absolute Gasteiger partial charge is 0.380 e. The third kappa shape index (κ3) is 4.58. The van der Waals surface area contributed by atoms with Crippen LogP contribution in [0.1, 0.15) is 42.9 Å². The van der Waals surface area contributed by atoms with Gasteiger partial charge in [0, 0.05) is 69.1 Å². The number of carbonyl (C=O) groups excluding carboxylic acids is 1. The number of hydrogen-bond acceptors (Lipinski definition) is 6. The van der Waals surface area contributed by atoms with Gasteiger partial charge < -0.3 is 20.2 Å². The number of anilines is 1. The topological polar surface area (TPSA) is 86.5 Å². The van der Waals surface area contributed by atoms with Crippen LogP contribution in [0.5, 0.6) is 0 Å². The van der Waals surface area contributed by atoms with E-state index in [1.54, 1.807) is 6.20 Å². The highest BCUT2D eigenvalue weighted by Gasteiger charge is 2.43. The number of likely N-dealkylation sites (tertiary alicyclic amines) is 1. The summed E-state index contributed by atoms with van der Waals surface area (Å²) in [5.74, 6) is 3.25. The maximum atomic E-state index is 13.1. The Labute approximate surface area is 183 Å². The number of nitrogens with one attached hydrogen (secondary N) is 1. The fourth-order valence-corrected chi connectivity index (χ4v) is 4.48. The Bertz CT molecular complexity index is 932. The number of rotatable bonds is 5. The van der Waals surface area contributed by atoms with Crippen molar-refractivity contribution in [3.63, 3.8) is 0 Å². The van der Waals surface area contributed by atoms with E-state index in [9.17, 15) is 9.90 Å². The SMILES string of the molecule is C#Cc1ccc(N2CCC(O)(C(=O)N3CCC(n4cc(CNC)cn4)CC3)CC2)nc1. The van der Waals surface area contributed by atoms with Gasteiger partial charge in [0.1, 0.15) is 11.4 Å². The molecule has 0 atom stereocenters. The number of nitrogens with zero attached hydrogens (tertiary/aromatic N) is 5. The van der Waals surface area contributed by atoms with Crippen molar-refractivity contribution in [1.82, 2.24) is 25.0 Å². The van der Waals surface area contributed by atoms with Crippen molar-refractivity contribution in [1.29, 1.82) is 0 Å². The van der Waals surface area contributed by atoms with Gasteiger partial charge in [-0.25, -0.2) is 4.98 Å². The summed E-state index contributed by atoms with van der Waals surface area (Å²) < 4.78 is 2.01. The first kappa shape index (κ1) is 21.3. The molecule has 2 aromatic rings. The molecule has 0 aliphatic carbocycles. The Hall–Kier alpha value is -2.89. The van der Waals surface area contributed by atoms with Crippen LogP contribution < -0.4 is 10.2 Å². The van der Waals surface area contributed by atoms with Gasteiger partial charge in [0.2, 0.25) is 0 Å². The zero-order valence-electron chi connectivity index (χ0n) is 18.0. The van der Waals surface area contributed by atoms with Crippen molar-refractivity contribution in [2.75, 3.05) is 38.1 Å². The average Bonchev–Trinajstić information content (AvgIpc) is 3.28. The molecule has 31 heavy (non-hydrogen) atoms. The second-order valence-corrected chi connectivity index (χ2v) is 8.45. The van der Waals surface area contributed by atoms with Crippen LogP contribution >= 0.6 is 0 Å². The van der Waals surface area contributed by atoms with Gasteiger partial charge in [0.25, 0.3) is 5.91 Å². The second-order valence-electron chi connectivity index (χ2n) is 8.45. The summed E-state index contributed by atoms with van der Waals surface area (Å²) in [6, 6.07) is 4.05. The Kier molecular flexibility index (Phi) is 6.25. The first-order valence-electron chi connectivity index (χ1n) is 10.9. The van der Waals surface area contributed by atoms with Crippen molar-refractivity contribution in [3.8, 4) is 12.3 Å². The fraction of sp³-hybridized carbons (Fsp3) is 0.522. The molecule has 0 unspecified atom stereocenters. The Morgan fingerprint density at radius 1 is 1.26 bits per heavy atom. The highest BCUT2D eigenvalue weighted by molar-refractivity contribution is 5.85. The molecule has 2 saturated heterocycles. The van der Waals surface area contributed by atoms with Gasteiger partial charge in [-0.3, -0.25) is 9.48 Å². The maximum absolute atomic E-state index is 13.1. The molecule has 0 saturated carbocycles. The molecule has 8 nitrogen and oxygen atoms in total. The highest BCUT2D eigenvalue weighted by Crippen LogP contribution is 2.30. The first-order chi connectivity index (χ1) is 15.0. The standard InChI is InChI=1S/C23H30N6O2/c1-3-18-4-5-21(25-15-18)27-12-8-23(31,9-13-27)22(30)28-10-6-20(7-11-28)29-17-19(14-24-2)16-26-29/h1,4-5,15-17,20,24,31H,6-14H2,2H3. The first-order valence-corrected chi connectivity index (χ1v) is 10.9. The van der Waals surface area contributed by atoms with Gasteiger partial charge in [0.05, 0.1) is 12.2 Å². The van der Waals surface area contributed by atoms with E-state index in [1.807, 2.05) is 35.0 Å². The lowest BCUT2D eigenvalue weighted by molar-refractivity contribution is -0.154. The van der Waals surface area contributed by atoms with Crippen LogP contribution in [0.4, 0.5) is 5.82 Å². The van der Waals surface area contributed by atoms with Crippen LogP contribution in [0.25, 0.3) is 0 Å². The minimum atomic E-state index is -1.30. The van der Waals surface area contributed by atoms with Gasteiger partial charge >= 0.3 is 0 Å². The molecule has 2 aromatic heterocycles. The van der Waals surface area contributed by atoms with E-state index >= 15 is 0 Å². The lowest BCUT2D eigenvalue weighted by Crippen LogP contribution is -2.56. The molecule has 2 aliphatic heterocycles. The summed E-state index contributed by atoms with van der Waals surface area (Å²) in [6.45, 7) is 3.26. The number of piperidine rings is 2. The normalized spacial score (nSPS) is 19.3. The van der Waals surface area contributed by atoms with Crippen LogP contribution in [0.15, 0.2) is 30.7 Å². The molecule has 0 bridgehead atoms. The molecule has 4 rings (SSSR count). The third-order valence-corrected chi connectivity index (χ3v) is 6.39. The van der Waals surface area contributed by atoms with Crippen molar-refractivity contribution in [2.45, 2.75) is 43.9 Å². The molecule has 164 valence electrons. The number of amides is 1. The van der Waals surface area contributed by atoms with Crippen LogP contribution in [0.2, 0.25) is 0 Å². The van der Waals surface area contributed by atoms with Crippen LogP contribution in [0.3, 0.4) is 0 Å². The van der Waals surface area contributed by atoms with E-state index in [0.29, 0.717) is 45.1 Å². The molecule has 0 radical (unpaired) electrons. The van der Waals surface area contributed by atoms with Crippen molar-refractivity contribution in [3.05, 3.63) is 41.9 Å². The summed E-state index contributed by atoms with van der Waals surface area (Å²) in [5, 5.41) is 18.7. The van der Waals surface area contributed by atoms with E-state index in [4.69, 9.17) is 6.42 Å². The van der Waals surface area contributed by atoms with Crippen molar-refractivity contribution >= 4 is 11.7 Å². The Morgan fingerprint density at radius 2 is 2.00 bits per heavy atom. The number of pyridine rings is 1. The third-order valence-electron chi connectivity index (χ3n) is 6.39. The summed E-state index contributed by atoms with van der Waals surface area (Å²) in [7, 11) is 1.92. The van der Waals surface area contributed by atoms with Crippen LogP contribution in [-0.4, -0.2) is 69.5 Å². The molecular weight excluding hydrogens is 392 g/mol. The van der Waals surface area contributed by atoms with Crippen LogP contribution in [-0.2, 0) is 11.3 Å². The van der Waals surface area contributed by atoms with Gasteiger partial charge in [-0.05, 0) is 32.0 Å². The predicted molar refractivity (Wildman–Crippen MR) is 118 cm³/mol. The number of aliphatic hydroxyl groups is 1. The van der Waals surface area contributed by atoms with E-state index < -0.39 is 5.60 Å². The highest BCUT2D eigenvalue weighted by atomic mass is 16.3. The smallest absolute Gasteiger partial charge is 0.254 e. The van der Waals surface area contributed by atoms with E-state index in [-0.39, 0.29) is 5.91 Å². The number of hydrogen-bond donors (Lipinski definition) is 2. The van der Waals surface area contributed by atoms with E-state index in [1.165, 1.54) is 0 Å². The summed E-state index contributed by atoms with van der Waals surface area (Å²) >= 11 is 0. The minimum Gasteiger partial charge on any atom is -0.380 e. The van der Waals surface area contributed by atoms with E-state index in [0.717, 1.165) is 36.3 Å². The second kappa shape index (κ2) is 9.08. The summed E-state index contributed by atoms with van der Waals surface area (Å²) in [6.07, 6.45) is 13.5. The molecule has 0 spiro atoms. The Morgan fingerprint density at radius 3 is 2.61 bits per heavy atom. The van der Waals surface area contributed by atoms with Gasteiger partial charge in [-0.2, -0.15) is 5.10 Å². The molecule has 4 heterocycles. The maximum Gasteiger partial charge on any atom is 0.254 e. The molecule has 2 N–H and O–H groups in total. The quantitative estimate of drug-likeness (QED) is 0.704. The molecule has 8 heteroatoms. The molecule has 2 aliphatic rings.